The zero-order valence-corrected chi connectivity index (χ0v) is 10.7. The molecule has 3 fully saturated rings. The molecule has 3 heterocycles. The van der Waals surface area contributed by atoms with E-state index in [0.717, 1.165) is 0 Å². The number of nitrogens with zero attached hydrogens (tertiary/aromatic N) is 3. The van der Waals surface area contributed by atoms with Gasteiger partial charge in [-0.25, -0.2) is 0 Å². The van der Waals surface area contributed by atoms with Crippen molar-refractivity contribution in [3.8, 4) is 0 Å². The summed E-state index contributed by atoms with van der Waals surface area (Å²) >= 11 is 0. The van der Waals surface area contributed by atoms with E-state index in [-0.39, 0.29) is 0 Å². The van der Waals surface area contributed by atoms with E-state index in [1.54, 1.807) is 0 Å². The molecule has 0 aliphatic carbocycles. The maximum absolute atomic E-state index is 2.54. The molecule has 0 aromatic heterocycles. The molecule has 3 heteroatoms. The first kappa shape index (κ1) is 12.9. The molecular weight excluding hydrogens is 186 g/mol. The fourth-order valence-corrected chi connectivity index (χ4v) is 2.19. The molecule has 3 saturated heterocycles. The second-order valence-corrected chi connectivity index (χ2v) is 4.30. The first-order valence-electron chi connectivity index (χ1n) is 6.47. The summed E-state index contributed by atoms with van der Waals surface area (Å²) in [7, 11) is 0. The summed E-state index contributed by atoms with van der Waals surface area (Å²) < 4.78 is 0. The standard InChI is InChI=1S/C6H12N2.C6H15N/c1-2-8-5-3-7(1)4-6-8;1-4-7(5-2)6-3/h1-6H2;4-6H2,1-3H3. The molecule has 0 unspecified atom stereocenters. The molecule has 0 spiro atoms. The minimum atomic E-state index is 1.19. The van der Waals surface area contributed by atoms with Crippen molar-refractivity contribution >= 4 is 0 Å². The van der Waals surface area contributed by atoms with Crippen LogP contribution in [0.4, 0.5) is 0 Å². The number of fused-ring (bicyclic) bond motifs is 3. The molecule has 90 valence electrons. The van der Waals surface area contributed by atoms with Gasteiger partial charge in [-0.05, 0) is 19.6 Å². The van der Waals surface area contributed by atoms with E-state index < -0.39 is 0 Å². The zero-order valence-electron chi connectivity index (χ0n) is 10.7. The van der Waals surface area contributed by atoms with Gasteiger partial charge in [0.05, 0.1) is 0 Å². The van der Waals surface area contributed by atoms with Gasteiger partial charge in [-0.2, -0.15) is 0 Å². The summed E-state index contributed by atoms with van der Waals surface area (Å²) in [6.45, 7) is 18.0. The van der Waals surface area contributed by atoms with E-state index in [1.165, 1.54) is 58.9 Å². The normalized spacial score (nSPS) is 28.8. The van der Waals surface area contributed by atoms with Crippen LogP contribution in [0.1, 0.15) is 20.8 Å². The van der Waals surface area contributed by atoms with Gasteiger partial charge in [0.2, 0.25) is 0 Å². The van der Waals surface area contributed by atoms with Crippen LogP contribution in [-0.2, 0) is 0 Å². The maximum Gasteiger partial charge on any atom is 0.0110 e. The Morgan fingerprint density at radius 2 is 0.933 bits per heavy atom. The minimum absolute atomic E-state index is 1.19. The first-order valence-corrected chi connectivity index (χ1v) is 6.47. The van der Waals surface area contributed by atoms with Crippen LogP contribution >= 0.6 is 0 Å². The molecule has 3 aliphatic heterocycles. The van der Waals surface area contributed by atoms with Gasteiger partial charge in [0.1, 0.15) is 0 Å². The van der Waals surface area contributed by atoms with Crippen LogP contribution in [0, 0.1) is 0 Å². The molecule has 0 saturated carbocycles. The third-order valence-corrected chi connectivity index (χ3v) is 3.54. The fraction of sp³-hybridized carbons (Fsp3) is 1.00. The van der Waals surface area contributed by atoms with Crippen molar-refractivity contribution in [3.63, 3.8) is 0 Å². The van der Waals surface area contributed by atoms with E-state index in [0.29, 0.717) is 0 Å². The summed E-state index contributed by atoms with van der Waals surface area (Å²) in [5.74, 6) is 0. The van der Waals surface area contributed by atoms with Gasteiger partial charge in [-0.15, -0.1) is 0 Å². The molecule has 0 amide bonds. The second kappa shape index (κ2) is 7.20. The van der Waals surface area contributed by atoms with E-state index in [1.807, 2.05) is 0 Å². The van der Waals surface area contributed by atoms with Gasteiger partial charge in [0.25, 0.3) is 0 Å². The van der Waals surface area contributed by atoms with E-state index in [4.69, 9.17) is 0 Å². The molecule has 0 radical (unpaired) electrons. The Morgan fingerprint density at radius 3 is 1.00 bits per heavy atom. The first-order chi connectivity index (χ1) is 7.30. The van der Waals surface area contributed by atoms with E-state index in [9.17, 15) is 0 Å². The highest BCUT2D eigenvalue weighted by molar-refractivity contribution is 4.78. The predicted octanol–water partition coefficient (Wildman–Crippen LogP) is 0.966. The molecule has 0 atom stereocenters. The quantitative estimate of drug-likeness (QED) is 0.691. The highest BCUT2D eigenvalue weighted by atomic mass is 15.3. The van der Waals surface area contributed by atoms with Crippen LogP contribution in [0.5, 0.6) is 0 Å². The number of rotatable bonds is 3. The van der Waals surface area contributed by atoms with E-state index >= 15 is 0 Å². The molecule has 3 aliphatic rings. The SMILES string of the molecule is C1CN2CCN1CC2.CCN(CC)CC. The number of piperazine rings is 3. The van der Waals surface area contributed by atoms with Crippen LogP contribution in [0.3, 0.4) is 0 Å². The van der Waals surface area contributed by atoms with Crippen molar-refractivity contribution < 1.29 is 0 Å². The summed E-state index contributed by atoms with van der Waals surface area (Å²) in [5.41, 5.74) is 0. The van der Waals surface area contributed by atoms with Gasteiger partial charge in [0, 0.05) is 39.3 Å². The lowest BCUT2D eigenvalue weighted by molar-refractivity contribution is 0.0647. The van der Waals surface area contributed by atoms with Gasteiger partial charge in [-0.1, -0.05) is 20.8 Å². The maximum atomic E-state index is 2.54. The van der Waals surface area contributed by atoms with Crippen molar-refractivity contribution in [3.05, 3.63) is 0 Å². The topological polar surface area (TPSA) is 9.72 Å². The molecule has 3 nitrogen and oxygen atoms in total. The molecule has 0 N–H and O–H groups in total. The number of hydrogen-bond acceptors (Lipinski definition) is 3. The Morgan fingerprint density at radius 1 is 0.667 bits per heavy atom. The van der Waals surface area contributed by atoms with Crippen molar-refractivity contribution in [1.82, 2.24) is 14.7 Å². The molecular formula is C12H27N3. The van der Waals surface area contributed by atoms with E-state index in [2.05, 4.69) is 35.5 Å². The molecule has 3 rings (SSSR count). The Bertz CT molecular complexity index is 120. The molecule has 15 heavy (non-hydrogen) atoms. The zero-order chi connectivity index (χ0) is 11.1. The molecule has 0 aromatic carbocycles. The van der Waals surface area contributed by atoms with Crippen LogP contribution < -0.4 is 0 Å². The fourth-order valence-electron chi connectivity index (χ4n) is 2.19. The lowest BCUT2D eigenvalue weighted by Gasteiger charge is -2.41. The third-order valence-electron chi connectivity index (χ3n) is 3.54. The summed E-state index contributed by atoms with van der Waals surface area (Å²) in [4.78, 5) is 7.46. The van der Waals surface area contributed by atoms with Crippen molar-refractivity contribution in [2.75, 3.05) is 58.9 Å². The lowest BCUT2D eigenvalue weighted by Crippen LogP contribution is -2.55. The second-order valence-electron chi connectivity index (χ2n) is 4.30. The molecule has 2 bridgehead atoms. The summed E-state index contributed by atoms with van der Waals surface area (Å²) in [6.07, 6.45) is 0. The molecule has 0 aromatic rings. The van der Waals surface area contributed by atoms with Crippen molar-refractivity contribution in [2.24, 2.45) is 0 Å². The highest BCUT2D eigenvalue weighted by Gasteiger charge is 2.21. The van der Waals surface area contributed by atoms with Crippen LogP contribution in [-0.4, -0.2) is 73.6 Å². The van der Waals surface area contributed by atoms with Crippen LogP contribution in [0.15, 0.2) is 0 Å². The van der Waals surface area contributed by atoms with Gasteiger partial charge < -0.3 is 4.90 Å². The minimum Gasteiger partial charge on any atom is -0.304 e. The third kappa shape index (κ3) is 4.49. The lowest BCUT2D eigenvalue weighted by atomic mass is 10.2. The average Bonchev–Trinajstić information content (AvgIpc) is 2.35. The monoisotopic (exact) mass is 213 g/mol. The van der Waals surface area contributed by atoms with Crippen molar-refractivity contribution in [1.29, 1.82) is 0 Å². The summed E-state index contributed by atoms with van der Waals surface area (Å²) in [6, 6.07) is 0. The Kier molecular flexibility index (Phi) is 6.22. The average molecular weight is 213 g/mol. The number of hydrogen-bond donors (Lipinski definition) is 0. The Labute approximate surface area is 95.0 Å². The van der Waals surface area contributed by atoms with Gasteiger partial charge in [-0.3, -0.25) is 9.80 Å². The van der Waals surface area contributed by atoms with Gasteiger partial charge in [0.15, 0.2) is 0 Å². The van der Waals surface area contributed by atoms with Crippen LogP contribution in [0.2, 0.25) is 0 Å². The van der Waals surface area contributed by atoms with Crippen LogP contribution in [0.25, 0.3) is 0 Å². The Balaban J connectivity index is 0.000000153. The predicted molar refractivity (Wildman–Crippen MR) is 66.3 cm³/mol. The smallest absolute Gasteiger partial charge is 0.0110 e. The summed E-state index contributed by atoms with van der Waals surface area (Å²) in [5, 5.41) is 0. The van der Waals surface area contributed by atoms with Crippen molar-refractivity contribution in [2.45, 2.75) is 20.8 Å². The van der Waals surface area contributed by atoms with Gasteiger partial charge >= 0.3 is 0 Å². The highest BCUT2D eigenvalue weighted by Crippen LogP contribution is 2.06. The Hall–Kier alpha value is -0.120. The largest absolute Gasteiger partial charge is 0.304 e.